The third-order valence-corrected chi connectivity index (χ3v) is 2.14. The van der Waals surface area contributed by atoms with Gasteiger partial charge in [-0.1, -0.05) is 0 Å². The largest absolute Gasteiger partial charge is 0.480 e. The lowest BCUT2D eigenvalue weighted by Crippen LogP contribution is -2.43. The Balaban J connectivity index is 3.07. The Hall–Kier alpha value is -2.38. The van der Waals surface area contributed by atoms with Crippen LogP contribution in [-0.2, 0) is 11.8 Å². The third-order valence-electron chi connectivity index (χ3n) is 2.14. The smallest absolute Gasteiger partial charge is 0.328 e. The molecule has 0 radical (unpaired) electrons. The Bertz CT molecular complexity index is 571. The van der Waals surface area contributed by atoms with Crippen molar-refractivity contribution in [3.8, 4) is 0 Å². The molecule has 1 aromatic heterocycles. The zero-order valence-electron chi connectivity index (χ0n) is 9.18. The molecule has 92 valence electrons. The lowest BCUT2D eigenvalue weighted by atomic mass is 10.2. The van der Waals surface area contributed by atoms with E-state index in [-0.39, 0.29) is 5.56 Å². The summed E-state index contributed by atoms with van der Waals surface area (Å²) in [7, 11) is 1.21. The lowest BCUT2D eigenvalue weighted by molar-refractivity contribution is -0.138. The predicted octanol–water partition coefficient (Wildman–Crippen LogP) is -1.72. The van der Waals surface area contributed by atoms with Crippen molar-refractivity contribution in [1.29, 1.82) is 0 Å². The van der Waals surface area contributed by atoms with Gasteiger partial charge < -0.3 is 15.4 Å². The normalized spacial score (nSPS) is 11.9. The molecule has 0 aliphatic rings. The van der Waals surface area contributed by atoms with E-state index in [0.717, 1.165) is 10.8 Å². The Morgan fingerprint density at radius 1 is 1.47 bits per heavy atom. The molecule has 17 heavy (non-hydrogen) atoms. The van der Waals surface area contributed by atoms with Crippen LogP contribution in [0.2, 0.25) is 0 Å². The van der Waals surface area contributed by atoms with Gasteiger partial charge in [0.2, 0.25) is 0 Å². The second kappa shape index (κ2) is 4.64. The fraction of sp³-hybridized carbons (Fsp3) is 0.333. The average Bonchev–Trinajstić information content (AvgIpc) is 2.25. The number of rotatable bonds is 3. The van der Waals surface area contributed by atoms with Crippen LogP contribution in [-0.4, -0.2) is 32.6 Å². The van der Waals surface area contributed by atoms with Crippen molar-refractivity contribution in [2.75, 3.05) is 0 Å². The summed E-state index contributed by atoms with van der Waals surface area (Å²) in [5.74, 6) is -2.07. The van der Waals surface area contributed by atoms with E-state index in [4.69, 9.17) is 5.11 Å². The Kier molecular flexibility index (Phi) is 3.46. The Morgan fingerprint density at radius 2 is 2.06 bits per heavy atom. The summed E-state index contributed by atoms with van der Waals surface area (Å²) in [6.07, 6.45) is 0.953. The number of carboxylic acid groups (broad SMARTS) is 1. The van der Waals surface area contributed by atoms with Crippen LogP contribution < -0.4 is 16.6 Å². The molecule has 0 aromatic carbocycles. The van der Waals surface area contributed by atoms with E-state index in [1.807, 2.05) is 0 Å². The molecule has 0 spiro atoms. The Labute approximate surface area is 94.9 Å². The van der Waals surface area contributed by atoms with Gasteiger partial charge in [-0.25, -0.2) is 4.79 Å². The van der Waals surface area contributed by atoms with Crippen LogP contribution in [0.5, 0.6) is 0 Å². The molecule has 8 nitrogen and oxygen atoms in total. The van der Waals surface area contributed by atoms with Crippen molar-refractivity contribution < 1.29 is 14.7 Å². The lowest BCUT2D eigenvalue weighted by Gasteiger charge is -2.08. The minimum absolute atomic E-state index is 0.319. The molecule has 1 rings (SSSR count). The van der Waals surface area contributed by atoms with Gasteiger partial charge >= 0.3 is 11.7 Å². The number of carbonyl (C=O) groups is 2. The number of carbonyl (C=O) groups excluding carboxylic acids is 1. The summed E-state index contributed by atoms with van der Waals surface area (Å²) < 4.78 is 0.723. The first-order valence-electron chi connectivity index (χ1n) is 4.67. The van der Waals surface area contributed by atoms with Gasteiger partial charge in [0.15, 0.2) is 0 Å². The average molecular weight is 241 g/mol. The van der Waals surface area contributed by atoms with Gasteiger partial charge in [-0.3, -0.25) is 19.0 Å². The number of aromatic nitrogens is 2. The predicted molar refractivity (Wildman–Crippen MR) is 56.9 cm³/mol. The molecule has 1 unspecified atom stereocenters. The molecule has 0 bridgehead atoms. The zero-order chi connectivity index (χ0) is 13.2. The van der Waals surface area contributed by atoms with Gasteiger partial charge in [-0.15, -0.1) is 0 Å². The molecule has 0 aliphatic carbocycles. The maximum atomic E-state index is 11.5. The zero-order valence-corrected chi connectivity index (χ0v) is 9.18. The molecule has 0 fully saturated rings. The van der Waals surface area contributed by atoms with Crippen LogP contribution in [0.3, 0.4) is 0 Å². The van der Waals surface area contributed by atoms with Gasteiger partial charge in [-0.05, 0) is 6.92 Å². The highest BCUT2D eigenvalue weighted by Gasteiger charge is 2.18. The number of amides is 1. The molecule has 3 N–H and O–H groups in total. The van der Waals surface area contributed by atoms with Crippen molar-refractivity contribution in [3.63, 3.8) is 0 Å². The van der Waals surface area contributed by atoms with Crippen LogP contribution >= 0.6 is 0 Å². The number of nitrogens with zero attached hydrogens (tertiary/aromatic N) is 1. The third kappa shape index (κ3) is 2.60. The maximum Gasteiger partial charge on any atom is 0.328 e. The van der Waals surface area contributed by atoms with Gasteiger partial charge in [0, 0.05) is 13.2 Å². The number of H-pyrrole nitrogens is 1. The monoisotopic (exact) mass is 241 g/mol. The summed E-state index contributed by atoms with van der Waals surface area (Å²) in [6, 6.07) is -1.13. The van der Waals surface area contributed by atoms with E-state index in [9.17, 15) is 19.2 Å². The minimum atomic E-state index is -1.22. The summed E-state index contributed by atoms with van der Waals surface area (Å²) in [4.78, 5) is 46.8. The molecule has 1 atom stereocenters. The quantitative estimate of drug-likeness (QED) is 0.581. The molecule has 0 saturated heterocycles. The minimum Gasteiger partial charge on any atom is -0.480 e. The van der Waals surface area contributed by atoms with Gasteiger partial charge in [0.1, 0.15) is 11.6 Å². The fourth-order valence-electron chi connectivity index (χ4n) is 1.06. The second-order valence-electron chi connectivity index (χ2n) is 3.41. The van der Waals surface area contributed by atoms with Crippen molar-refractivity contribution in [1.82, 2.24) is 14.9 Å². The first-order valence-corrected chi connectivity index (χ1v) is 4.67. The topological polar surface area (TPSA) is 121 Å². The molecule has 0 aliphatic heterocycles. The molecular weight excluding hydrogens is 230 g/mol. The van der Waals surface area contributed by atoms with E-state index >= 15 is 0 Å². The highest BCUT2D eigenvalue weighted by molar-refractivity contribution is 5.95. The van der Waals surface area contributed by atoms with Crippen LogP contribution in [0.25, 0.3) is 0 Å². The highest BCUT2D eigenvalue weighted by Crippen LogP contribution is 1.89. The first kappa shape index (κ1) is 12.7. The van der Waals surface area contributed by atoms with Crippen LogP contribution in [0, 0.1) is 0 Å². The molecule has 1 amide bonds. The van der Waals surface area contributed by atoms with Crippen molar-refractivity contribution in [3.05, 3.63) is 32.6 Å². The second-order valence-corrected chi connectivity index (χ2v) is 3.41. The number of hydrogen-bond acceptors (Lipinski definition) is 4. The van der Waals surface area contributed by atoms with E-state index in [1.54, 1.807) is 0 Å². The summed E-state index contributed by atoms with van der Waals surface area (Å²) >= 11 is 0. The van der Waals surface area contributed by atoms with E-state index < -0.39 is 29.2 Å². The van der Waals surface area contributed by atoms with Gasteiger partial charge in [0.05, 0.1) is 0 Å². The Morgan fingerprint density at radius 3 is 2.59 bits per heavy atom. The number of carboxylic acids is 1. The number of nitrogens with one attached hydrogen (secondary N) is 2. The molecule has 8 heteroatoms. The van der Waals surface area contributed by atoms with Crippen molar-refractivity contribution in [2.24, 2.45) is 7.05 Å². The van der Waals surface area contributed by atoms with E-state index in [0.29, 0.717) is 0 Å². The van der Waals surface area contributed by atoms with Gasteiger partial charge in [-0.2, -0.15) is 0 Å². The summed E-state index contributed by atoms with van der Waals surface area (Å²) in [6.45, 7) is 1.26. The first-order chi connectivity index (χ1) is 7.84. The van der Waals surface area contributed by atoms with Gasteiger partial charge in [0.25, 0.3) is 11.5 Å². The molecular formula is C9H11N3O5. The number of hydrogen-bond donors (Lipinski definition) is 3. The van der Waals surface area contributed by atoms with Crippen molar-refractivity contribution in [2.45, 2.75) is 13.0 Å². The SMILES string of the molecule is CC(NC(=O)c1c[nH]c(=O)n(C)c1=O)C(=O)O. The molecule has 1 aromatic rings. The number of aromatic amines is 1. The van der Waals surface area contributed by atoms with Crippen LogP contribution in [0.1, 0.15) is 17.3 Å². The van der Waals surface area contributed by atoms with Crippen LogP contribution in [0.4, 0.5) is 0 Å². The standard InChI is InChI=1S/C9H11N3O5/c1-4(8(15)16)11-6(13)5-3-10-9(17)12(2)7(5)14/h3-4H,1-2H3,(H,10,17)(H,11,13)(H,15,16). The maximum absolute atomic E-state index is 11.5. The molecule has 0 saturated carbocycles. The summed E-state index contributed by atoms with van der Waals surface area (Å²) in [5, 5.41) is 10.7. The van der Waals surface area contributed by atoms with E-state index in [2.05, 4.69) is 10.3 Å². The highest BCUT2D eigenvalue weighted by atomic mass is 16.4. The van der Waals surface area contributed by atoms with Crippen LogP contribution in [0.15, 0.2) is 15.8 Å². The number of aliphatic carboxylic acids is 1. The summed E-state index contributed by atoms with van der Waals surface area (Å²) in [5.41, 5.74) is -1.76. The van der Waals surface area contributed by atoms with E-state index in [1.165, 1.54) is 14.0 Å². The molecule has 1 heterocycles. The fourth-order valence-corrected chi connectivity index (χ4v) is 1.06. The van der Waals surface area contributed by atoms with Crippen molar-refractivity contribution >= 4 is 11.9 Å².